The van der Waals surface area contributed by atoms with Crippen molar-refractivity contribution in [2.75, 3.05) is 12.8 Å². The Hall–Kier alpha value is -2.26. The molecule has 0 fully saturated rings. The number of alkyl halides is 3. The second kappa shape index (κ2) is 4.94. The summed E-state index contributed by atoms with van der Waals surface area (Å²) in [6.45, 7) is 0. The van der Waals surface area contributed by atoms with E-state index in [0.717, 1.165) is 13.3 Å². The van der Waals surface area contributed by atoms with Crippen LogP contribution in [0.2, 0.25) is 0 Å². The Morgan fingerprint density at radius 2 is 2.11 bits per heavy atom. The smallest absolute Gasteiger partial charge is 0.466 e. The summed E-state index contributed by atoms with van der Waals surface area (Å²) in [5, 5.41) is 0. The number of carbonyl (C=O) groups excluding carboxylic acids is 2. The quantitative estimate of drug-likeness (QED) is 0.763. The third-order valence-electron chi connectivity index (χ3n) is 1.76. The Labute approximate surface area is 98.1 Å². The number of hydrogen-bond acceptors (Lipinski definition) is 6. The van der Waals surface area contributed by atoms with Gasteiger partial charge >= 0.3 is 18.1 Å². The summed E-state index contributed by atoms with van der Waals surface area (Å²) in [5.41, 5.74) is 4.90. The number of nitrogens with one attached hydrogen (secondary N) is 1. The maximum atomic E-state index is 12.0. The number of ether oxygens (including phenoxy) is 2. The van der Waals surface area contributed by atoms with Gasteiger partial charge in [0.15, 0.2) is 5.95 Å². The van der Waals surface area contributed by atoms with Crippen molar-refractivity contribution in [3.63, 3.8) is 0 Å². The minimum Gasteiger partial charge on any atom is -0.466 e. The lowest BCUT2D eigenvalue weighted by molar-refractivity contribution is -0.208. The first kappa shape index (κ1) is 13.8. The molecule has 10 heteroatoms. The maximum absolute atomic E-state index is 12.0. The summed E-state index contributed by atoms with van der Waals surface area (Å²) < 4.78 is 44.3. The summed E-state index contributed by atoms with van der Waals surface area (Å²) in [6, 6.07) is 0. The minimum atomic E-state index is -5.23. The van der Waals surface area contributed by atoms with Crippen molar-refractivity contribution >= 4 is 17.9 Å². The van der Waals surface area contributed by atoms with Crippen molar-refractivity contribution in [2.24, 2.45) is 0 Å². The molecule has 7 nitrogen and oxygen atoms in total. The van der Waals surface area contributed by atoms with Gasteiger partial charge in [-0.15, -0.1) is 0 Å². The van der Waals surface area contributed by atoms with Crippen LogP contribution >= 0.6 is 0 Å². The zero-order chi connectivity index (χ0) is 13.9. The lowest BCUT2D eigenvalue weighted by atomic mass is 10.3. The summed E-state index contributed by atoms with van der Waals surface area (Å²) >= 11 is 0. The SMILES string of the molecule is COC(=O)C(OC(=O)C(F)(F)F)c1c[nH]c(N)n1. The van der Waals surface area contributed by atoms with Gasteiger partial charge in [0.05, 0.1) is 7.11 Å². The van der Waals surface area contributed by atoms with E-state index in [1.54, 1.807) is 0 Å². The van der Waals surface area contributed by atoms with Crippen molar-refractivity contribution in [3.8, 4) is 0 Å². The van der Waals surface area contributed by atoms with Gasteiger partial charge in [0.2, 0.25) is 6.10 Å². The lowest BCUT2D eigenvalue weighted by Crippen LogP contribution is -2.30. The molecule has 1 heterocycles. The van der Waals surface area contributed by atoms with Crippen LogP contribution in [0.4, 0.5) is 19.1 Å². The molecule has 0 bridgehead atoms. The third kappa shape index (κ3) is 3.12. The predicted molar refractivity (Wildman–Crippen MR) is 49.9 cm³/mol. The van der Waals surface area contributed by atoms with Crippen molar-refractivity contribution < 1.29 is 32.2 Å². The van der Waals surface area contributed by atoms with Gasteiger partial charge in [0.1, 0.15) is 5.69 Å². The fourth-order valence-electron chi connectivity index (χ4n) is 0.996. The molecule has 0 aliphatic carbocycles. The normalized spacial score (nSPS) is 12.9. The minimum absolute atomic E-state index is 0.151. The van der Waals surface area contributed by atoms with Gasteiger partial charge in [-0.25, -0.2) is 14.6 Å². The molecule has 1 rings (SSSR count). The highest BCUT2D eigenvalue weighted by molar-refractivity contribution is 5.82. The van der Waals surface area contributed by atoms with E-state index in [4.69, 9.17) is 5.73 Å². The molecule has 18 heavy (non-hydrogen) atoms. The van der Waals surface area contributed by atoms with Crippen LogP contribution < -0.4 is 5.73 Å². The summed E-state index contributed by atoms with van der Waals surface area (Å²) in [6.07, 6.45) is -6.13. The lowest BCUT2D eigenvalue weighted by Gasteiger charge is -2.14. The second-order valence-electron chi connectivity index (χ2n) is 3.02. The van der Waals surface area contributed by atoms with Gasteiger partial charge in [-0.2, -0.15) is 13.2 Å². The van der Waals surface area contributed by atoms with Crippen LogP contribution in [0.3, 0.4) is 0 Å². The number of nitrogens with zero attached hydrogens (tertiary/aromatic N) is 1. The zero-order valence-corrected chi connectivity index (χ0v) is 8.95. The molecular weight excluding hydrogens is 259 g/mol. The Morgan fingerprint density at radius 3 is 2.50 bits per heavy atom. The first-order valence-corrected chi connectivity index (χ1v) is 4.42. The van der Waals surface area contributed by atoms with Crippen molar-refractivity contribution in [1.82, 2.24) is 9.97 Å². The Kier molecular flexibility index (Phi) is 3.79. The van der Waals surface area contributed by atoms with Gasteiger partial charge < -0.3 is 20.2 Å². The molecule has 0 aromatic carbocycles. The van der Waals surface area contributed by atoms with E-state index in [0.29, 0.717) is 0 Å². The number of methoxy groups -OCH3 is 1. The number of carbonyl (C=O) groups is 2. The van der Waals surface area contributed by atoms with Crippen molar-refractivity contribution in [2.45, 2.75) is 12.3 Å². The van der Waals surface area contributed by atoms with E-state index >= 15 is 0 Å². The third-order valence-corrected chi connectivity index (χ3v) is 1.76. The van der Waals surface area contributed by atoms with E-state index in [2.05, 4.69) is 19.4 Å². The highest BCUT2D eigenvalue weighted by atomic mass is 19.4. The van der Waals surface area contributed by atoms with E-state index < -0.39 is 24.2 Å². The zero-order valence-electron chi connectivity index (χ0n) is 8.95. The molecular formula is C8H8F3N3O4. The molecule has 100 valence electrons. The number of H-pyrrole nitrogens is 1. The summed E-state index contributed by atoms with van der Waals surface area (Å²) in [4.78, 5) is 27.7. The monoisotopic (exact) mass is 267 g/mol. The predicted octanol–water partition coefficient (Wildman–Crippen LogP) is 0.311. The van der Waals surface area contributed by atoms with Crippen LogP contribution in [-0.4, -0.2) is 35.2 Å². The molecule has 0 radical (unpaired) electrons. The number of rotatable bonds is 3. The highest BCUT2D eigenvalue weighted by Crippen LogP contribution is 2.24. The Morgan fingerprint density at radius 1 is 1.50 bits per heavy atom. The number of halogens is 3. The molecule has 3 N–H and O–H groups in total. The number of nitrogens with two attached hydrogens (primary N) is 1. The first-order valence-electron chi connectivity index (χ1n) is 4.42. The van der Waals surface area contributed by atoms with E-state index in [9.17, 15) is 22.8 Å². The molecule has 0 spiro atoms. The van der Waals surface area contributed by atoms with Gasteiger partial charge in [0.25, 0.3) is 0 Å². The summed E-state index contributed by atoms with van der Waals surface area (Å²) in [5.74, 6) is -3.89. The van der Waals surface area contributed by atoms with Gasteiger partial charge in [-0.3, -0.25) is 0 Å². The van der Waals surface area contributed by atoms with Crippen molar-refractivity contribution in [1.29, 1.82) is 0 Å². The average Bonchev–Trinajstić information content (AvgIpc) is 2.69. The first-order chi connectivity index (χ1) is 8.25. The van der Waals surface area contributed by atoms with Crippen LogP contribution in [0, 0.1) is 0 Å². The fraction of sp³-hybridized carbons (Fsp3) is 0.375. The topological polar surface area (TPSA) is 107 Å². The number of anilines is 1. The molecule has 0 saturated heterocycles. The van der Waals surface area contributed by atoms with Crippen LogP contribution in [0.25, 0.3) is 0 Å². The molecule has 0 amide bonds. The molecule has 1 aromatic heterocycles. The van der Waals surface area contributed by atoms with E-state index in [1.807, 2.05) is 0 Å². The van der Waals surface area contributed by atoms with Gasteiger partial charge in [-0.05, 0) is 0 Å². The number of imidazole rings is 1. The molecule has 1 unspecified atom stereocenters. The molecule has 0 aliphatic heterocycles. The van der Waals surface area contributed by atoms with Crippen LogP contribution in [0.1, 0.15) is 11.8 Å². The number of esters is 2. The van der Waals surface area contributed by atoms with E-state index in [1.165, 1.54) is 0 Å². The van der Waals surface area contributed by atoms with Crippen LogP contribution in [-0.2, 0) is 19.1 Å². The van der Waals surface area contributed by atoms with Crippen molar-refractivity contribution in [3.05, 3.63) is 11.9 Å². The largest absolute Gasteiger partial charge is 0.490 e. The molecule has 0 aliphatic rings. The Balaban J connectivity index is 2.94. The summed E-state index contributed by atoms with van der Waals surface area (Å²) in [7, 11) is 0.923. The van der Waals surface area contributed by atoms with Gasteiger partial charge in [0, 0.05) is 6.20 Å². The van der Waals surface area contributed by atoms with E-state index in [-0.39, 0.29) is 11.6 Å². The standard InChI is InChI=1S/C8H8F3N3O4/c1-17-5(15)4(3-2-13-7(12)14-3)18-6(16)8(9,10)11/h2,4H,1H3,(H3,12,13,14). The highest BCUT2D eigenvalue weighted by Gasteiger charge is 2.44. The molecule has 1 aromatic rings. The second-order valence-corrected chi connectivity index (χ2v) is 3.02. The fourth-order valence-corrected chi connectivity index (χ4v) is 0.996. The van der Waals surface area contributed by atoms with Gasteiger partial charge in [-0.1, -0.05) is 0 Å². The average molecular weight is 267 g/mol. The molecule has 1 atom stereocenters. The van der Waals surface area contributed by atoms with Crippen LogP contribution in [0.15, 0.2) is 6.20 Å². The maximum Gasteiger partial charge on any atom is 0.490 e. The van der Waals surface area contributed by atoms with Crippen LogP contribution in [0.5, 0.6) is 0 Å². The number of aromatic nitrogens is 2. The number of nitrogen functional groups attached to an aromatic ring is 1. The Bertz CT molecular complexity index is 457. The molecule has 0 saturated carbocycles. The number of aromatic amines is 1. The number of hydrogen-bond donors (Lipinski definition) is 2.